The number of hydrogen-bond donors (Lipinski definition) is 1. The summed E-state index contributed by atoms with van der Waals surface area (Å²) in [6.07, 6.45) is 7.72. The van der Waals surface area contributed by atoms with Crippen LogP contribution in [0.5, 0.6) is 0 Å². The molecule has 19 heavy (non-hydrogen) atoms. The monoisotopic (exact) mass is 260 g/mol. The van der Waals surface area contributed by atoms with Crippen molar-refractivity contribution in [3.63, 3.8) is 0 Å². The van der Waals surface area contributed by atoms with Gasteiger partial charge in [-0.15, -0.1) is 0 Å². The molecule has 2 rings (SSSR count). The number of furan rings is 1. The first-order chi connectivity index (χ1) is 9.27. The Morgan fingerprint density at radius 1 is 1.53 bits per heavy atom. The molecule has 0 fully saturated rings. The summed E-state index contributed by atoms with van der Waals surface area (Å²) in [7, 11) is 0. The molecule has 0 saturated carbocycles. The molecule has 2 aromatic heterocycles. The molecule has 4 nitrogen and oxygen atoms in total. The number of hydrogen-bond acceptors (Lipinski definition) is 2. The molecule has 0 radical (unpaired) electrons. The molecule has 0 aliphatic rings. The summed E-state index contributed by atoms with van der Waals surface area (Å²) in [5, 5.41) is 2.94. The fourth-order valence-electron chi connectivity index (χ4n) is 2.04. The summed E-state index contributed by atoms with van der Waals surface area (Å²) in [5.74, 6) is -0.0376. The highest BCUT2D eigenvalue weighted by molar-refractivity contribution is 5.97. The first kappa shape index (κ1) is 13.5. The number of nitrogens with zero attached hydrogens (tertiary/aromatic N) is 1. The average Bonchev–Trinajstić information content (AvgIpc) is 2.97. The molecule has 0 unspecified atom stereocenters. The zero-order valence-electron chi connectivity index (χ0n) is 11.5. The van der Waals surface area contributed by atoms with Gasteiger partial charge in [0.2, 0.25) is 0 Å². The van der Waals surface area contributed by atoms with Crippen molar-refractivity contribution in [1.82, 2.24) is 9.88 Å². The van der Waals surface area contributed by atoms with Crippen LogP contribution in [-0.2, 0) is 6.54 Å². The van der Waals surface area contributed by atoms with Crippen LogP contribution >= 0.6 is 0 Å². The van der Waals surface area contributed by atoms with Crippen molar-refractivity contribution in [2.24, 2.45) is 0 Å². The normalized spacial score (nSPS) is 11.5. The Morgan fingerprint density at radius 3 is 3.11 bits per heavy atom. The standard InChI is InChI=1S/C15H20N2O2/c1-3-5-8-16-15(18)13-11-14-12(7-10-19-14)17(13)9-6-4-2/h4,6-7,10-11H,3,5,8-9H2,1-2H3,(H,16,18)/b6-4-. The Balaban J connectivity index is 2.25. The molecule has 0 aliphatic carbocycles. The molecule has 0 bridgehead atoms. The Morgan fingerprint density at radius 2 is 2.37 bits per heavy atom. The van der Waals surface area contributed by atoms with Gasteiger partial charge in [0.1, 0.15) is 5.69 Å². The number of aromatic nitrogens is 1. The van der Waals surface area contributed by atoms with E-state index in [1.165, 1.54) is 0 Å². The van der Waals surface area contributed by atoms with Crippen molar-refractivity contribution in [2.45, 2.75) is 33.2 Å². The van der Waals surface area contributed by atoms with Gasteiger partial charge in [-0.25, -0.2) is 0 Å². The number of unbranched alkanes of at least 4 members (excludes halogenated alkanes) is 1. The van der Waals surface area contributed by atoms with Crippen LogP contribution in [0.2, 0.25) is 0 Å². The summed E-state index contributed by atoms with van der Waals surface area (Å²) in [6, 6.07) is 3.70. The fourth-order valence-corrected chi connectivity index (χ4v) is 2.04. The number of allylic oxidation sites excluding steroid dienone is 2. The molecule has 0 saturated heterocycles. The third kappa shape index (κ3) is 2.89. The second kappa shape index (κ2) is 6.27. The van der Waals surface area contributed by atoms with E-state index in [2.05, 4.69) is 12.2 Å². The molecular formula is C15H20N2O2. The molecular weight excluding hydrogens is 240 g/mol. The fraction of sp³-hybridized carbons (Fsp3) is 0.400. The molecule has 1 N–H and O–H groups in total. The van der Waals surface area contributed by atoms with Gasteiger partial charge in [-0.05, 0) is 13.3 Å². The van der Waals surface area contributed by atoms with Crippen molar-refractivity contribution < 1.29 is 9.21 Å². The van der Waals surface area contributed by atoms with Crippen LogP contribution in [0.1, 0.15) is 37.2 Å². The van der Waals surface area contributed by atoms with E-state index in [1.54, 1.807) is 12.3 Å². The highest BCUT2D eigenvalue weighted by Crippen LogP contribution is 2.21. The van der Waals surface area contributed by atoms with Gasteiger partial charge in [0.25, 0.3) is 5.91 Å². The minimum Gasteiger partial charge on any atom is -0.463 e. The second-order valence-corrected chi connectivity index (χ2v) is 4.49. The Bertz CT molecular complexity index is 578. The van der Waals surface area contributed by atoms with Crippen molar-refractivity contribution in [3.05, 3.63) is 36.2 Å². The maximum Gasteiger partial charge on any atom is 0.268 e. The van der Waals surface area contributed by atoms with Gasteiger partial charge in [-0.3, -0.25) is 4.79 Å². The van der Waals surface area contributed by atoms with Gasteiger partial charge in [0, 0.05) is 25.2 Å². The number of amides is 1. The van der Waals surface area contributed by atoms with Gasteiger partial charge < -0.3 is 14.3 Å². The Labute approximate surface area is 113 Å². The summed E-state index contributed by atoms with van der Waals surface area (Å²) in [5.41, 5.74) is 2.37. The molecule has 0 aliphatic heterocycles. The summed E-state index contributed by atoms with van der Waals surface area (Å²) >= 11 is 0. The topological polar surface area (TPSA) is 47.2 Å². The first-order valence-corrected chi connectivity index (χ1v) is 6.74. The van der Waals surface area contributed by atoms with E-state index in [9.17, 15) is 4.79 Å². The zero-order valence-corrected chi connectivity index (χ0v) is 11.5. The molecule has 0 atom stereocenters. The zero-order chi connectivity index (χ0) is 13.7. The van der Waals surface area contributed by atoms with Crippen LogP contribution in [0.3, 0.4) is 0 Å². The molecule has 2 heterocycles. The first-order valence-electron chi connectivity index (χ1n) is 6.74. The van der Waals surface area contributed by atoms with Gasteiger partial charge in [-0.1, -0.05) is 25.5 Å². The van der Waals surface area contributed by atoms with E-state index in [0.717, 1.165) is 23.9 Å². The van der Waals surface area contributed by atoms with Gasteiger partial charge >= 0.3 is 0 Å². The number of carbonyl (C=O) groups excluding carboxylic acids is 1. The van der Waals surface area contributed by atoms with E-state index in [0.29, 0.717) is 18.8 Å². The van der Waals surface area contributed by atoms with Crippen LogP contribution in [-0.4, -0.2) is 17.0 Å². The maximum atomic E-state index is 12.2. The van der Waals surface area contributed by atoms with Crippen LogP contribution in [0.25, 0.3) is 11.1 Å². The number of nitrogens with one attached hydrogen (secondary N) is 1. The average molecular weight is 260 g/mol. The highest BCUT2D eigenvalue weighted by Gasteiger charge is 2.16. The van der Waals surface area contributed by atoms with Crippen molar-refractivity contribution in [1.29, 1.82) is 0 Å². The maximum absolute atomic E-state index is 12.2. The van der Waals surface area contributed by atoms with Crippen molar-refractivity contribution >= 4 is 17.0 Å². The van der Waals surface area contributed by atoms with E-state index in [-0.39, 0.29) is 5.91 Å². The van der Waals surface area contributed by atoms with E-state index in [4.69, 9.17) is 4.42 Å². The minimum atomic E-state index is -0.0376. The smallest absolute Gasteiger partial charge is 0.268 e. The number of fused-ring (bicyclic) bond motifs is 1. The predicted molar refractivity (Wildman–Crippen MR) is 76.3 cm³/mol. The Hall–Kier alpha value is -1.97. The quantitative estimate of drug-likeness (QED) is 0.639. The van der Waals surface area contributed by atoms with Gasteiger partial charge in [0.05, 0.1) is 11.8 Å². The molecule has 0 aromatic carbocycles. The lowest BCUT2D eigenvalue weighted by atomic mass is 10.3. The molecule has 0 spiro atoms. The SMILES string of the molecule is C/C=C\Cn1c(C(=O)NCCCC)cc2occc21. The van der Waals surface area contributed by atoms with Crippen LogP contribution in [0, 0.1) is 0 Å². The van der Waals surface area contributed by atoms with Crippen molar-refractivity contribution in [3.8, 4) is 0 Å². The lowest BCUT2D eigenvalue weighted by molar-refractivity contribution is 0.0945. The van der Waals surface area contributed by atoms with Crippen LogP contribution < -0.4 is 5.32 Å². The number of rotatable bonds is 6. The van der Waals surface area contributed by atoms with Crippen LogP contribution in [0.4, 0.5) is 0 Å². The van der Waals surface area contributed by atoms with Gasteiger partial charge in [-0.2, -0.15) is 0 Å². The lowest BCUT2D eigenvalue weighted by Crippen LogP contribution is -2.26. The number of carbonyl (C=O) groups is 1. The van der Waals surface area contributed by atoms with Gasteiger partial charge in [0.15, 0.2) is 5.58 Å². The molecule has 4 heteroatoms. The largest absolute Gasteiger partial charge is 0.463 e. The minimum absolute atomic E-state index is 0.0376. The third-order valence-electron chi connectivity index (χ3n) is 3.09. The summed E-state index contributed by atoms with van der Waals surface area (Å²) < 4.78 is 7.34. The summed E-state index contributed by atoms with van der Waals surface area (Å²) in [6.45, 7) is 5.46. The molecule has 1 amide bonds. The van der Waals surface area contributed by atoms with Crippen molar-refractivity contribution in [2.75, 3.05) is 6.54 Å². The van der Waals surface area contributed by atoms with Crippen LogP contribution in [0.15, 0.2) is 35.0 Å². The lowest BCUT2D eigenvalue weighted by Gasteiger charge is -2.08. The highest BCUT2D eigenvalue weighted by atomic mass is 16.3. The second-order valence-electron chi connectivity index (χ2n) is 4.49. The molecule has 102 valence electrons. The molecule has 2 aromatic rings. The van der Waals surface area contributed by atoms with E-state index >= 15 is 0 Å². The third-order valence-corrected chi connectivity index (χ3v) is 3.09. The Kier molecular flexibility index (Phi) is 4.44. The van der Waals surface area contributed by atoms with E-state index < -0.39 is 0 Å². The van der Waals surface area contributed by atoms with E-state index in [1.807, 2.05) is 29.7 Å². The predicted octanol–water partition coefficient (Wildman–Crippen LogP) is 3.34. The summed E-state index contributed by atoms with van der Waals surface area (Å²) in [4.78, 5) is 12.2.